The summed E-state index contributed by atoms with van der Waals surface area (Å²) >= 11 is 0.683. The van der Waals surface area contributed by atoms with Gasteiger partial charge in [0, 0.05) is 12.5 Å². The van der Waals surface area contributed by atoms with Crippen LogP contribution in [0.25, 0.3) is 0 Å². The number of carbonyl (C=O) groups excluding carboxylic acids is 1. The molecule has 1 aromatic heterocycles. The van der Waals surface area contributed by atoms with E-state index in [-0.39, 0.29) is 42.3 Å². The Bertz CT molecular complexity index is 1200. The summed E-state index contributed by atoms with van der Waals surface area (Å²) in [5, 5.41) is 9.20. The van der Waals surface area contributed by atoms with Crippen molar-refractivity contribution >= 4 is 17.7 Å². The number of benzene rings is 2. The van der Waals surface area contributed by atoms with Crippen molar-refractivity contribution in [2.75, 3.05) is 12.9 Å². The second-order valence-corrected chi connectivity index (χ2v) is 7.95. The second kappa shape index (κ2) is 12.0. The van der Waals surface area contributed by atoms with Gasteiger partial charge in [0.2, 0.25) is 5.82 Å². The molecule has 3 aromatic rings. The predicted octanol–water partition coefficient (Wildman–Crippen LogP) is 5.79. The Labute approximate surface area is 198 Å². The highest BCUT2D eigenvalue weighted by Gasteiger charge is 2.23. The lowest BCUT2D eigenvalue weighted by Gasteiger charge is -2.14. The van der Waals surface area contributed by atoms with Gasteiger partial charge in [0.15, 0.2) is 17.3 Å². The zero-order chi connectivity index (χ0) is 24.5. The number of rotatable bonds is 10. The molecule has 0 bridgehead atoms. The number of carbonyl (C=O) groups is 1. The van der Waals surface area contributed by atoms with Crippen LogP contribution in [0.15, 0.2) is 53.4 Å². The second-order valence-electron chi connectivity index (χ2n) is 6.84. The molecule has 0 saturated carbocycles. The van der Waals surface area contributed by atoms with Crippen LogP contribution in [0.2, 0.25) is 0 Å². The number of nitrogens with zero attached hydrogens (tertiary/aromatic N) is 2. The summed E-state index contributed by atoms with van der Waals surface area (Å²) in [4.78, 5) is 13.8. The maximum absolute atomic E-state index is 15.0. The van der Waals surface area contributed by atoms with Gasteiger partial charge in [0.1, 0.15) is 6.61 Å². The first kappa shape index (κ1) is 24.9. The van der Waals surface area contributed by atoms with Gasteiger partial charge in [-0.1, -0.05) is 30.3 Å². The van der Waals surface area contributed by atoms with Crippen LogP contribution in [0.5, 0.6) is 17.4 Å². The van der Waals surface area contributed by atoms with Gasteiger partial charge in [0.25, 0.3) is 11.8 Å². The first-order chi connectivity index (χ1) is 16.4. The Hall–Kier alpha value is -3.71. The molecule has 6 nitrogen and oxygen atoms in total. The SMILES string of the molecule is COC(=O)CCCSc1c(F)c(F)nc(Oc2cc(C#N)ccc2OCc2ccccc2)c1F. The Morgan fingerprint density at radius 2 is 1.85 bits per heavy atom. The lowest BCUT2D eigenvalue weighted by atomic mass is 10.2. The lowest BCUT2D eigenvalue weighted by molar-refractivity contribution is -0.140. The number of ether oxygens (including phenoxy) is 3. The summed E-state index contributed by atoms with van der Waals surface area (Å²) in [6.07, 6.45) is 0.310. The predicted molar refractivity (Wildman–Crippen MR) is 118 cm³/mol. The maximum Gasteiger partial charge on any atom is 0.305 e. The molecule has 3 rings (SSSR count). The van der Waals surface area contributed by atoms with E-state index in [1.807, 2.05) is 36.4 Å². The molecule has 0 saturated heterocycles. The van der Waals surface area contributed by atoms with Crippen LogP contribution in [-0.4, -0.2) is 23.8 Å². The van der Waals surface area contributed by atoms with Gasteiger partial charge in [0.05, 0.1) is 23.6 Å². The molecule has 0 amide bonds. The molecule has 0 radical (unpaired) electrons. The zero-order valence-corrected chi connectivity index (χ0v) is 18.8. The van der Waals surface area contributed by atoms with Crippen molar-refractivity contribution < 1.29 is 32.2 Å². The smallest absolute Gasteiger partial charge is 0.305 e. The quantitative estimate of drug-likeness (QED) is 0.155. The molecule has 0 atom stereocenters. The van der Waals surface area contributed by atoms with Crippen molar-refractivity contribution in [2.45, 2.75) is 24.3 Å². The first-order valence-corrected chi connectivity index (χ1v) is 11.0. The minimum atomic E-state index is -1.55. The molecular formula is C24H19F3N2O4S. The number of thioether (sulfide) groups is 1. The van der Waals surface area contributed by atoms with Gasteiger partial charge in [-0.05, 0) is 29.9 Å². The molecule has 0 fully saturated rings. The van der Waals surface area contributed by atoms with Crippen LogP contribution in [0.3, 0.4) is 0 Å². The third kappa shape index (κ3) is 6.42. The van der Waals surface area contributed by atoms with Gasteiger partial charge in [-0.15, -0.1) is 11.8 Å². The molecule has 10 heteroatoms. The molecule has 0 aliphatic heterocycles. The number of hydrogen-bond donors (Lipinski definition) is 0. The van der Waals surface area contributed by atoms with E-state index in [1.165, 1.54) is 25.3 Å². The standard InChI is InChI=1S/C24H19F3N2O4S/c1-31-19(30)8-5-11-34-22-20(25)23(27)29-24(21(22)26)33-18-12-16(13-28)9-10-17(18)32-14-15-6-3-2-4-7-15/h2-4,6-7,9-10,12H,5,8,11,14H2,1H3. The Morgan fingerprint density at radius 3 is 2.56 bits per heavy atom. The number of nitriles is 1. The van der Waals surface area contributed by atoms with Crippen LogP contribution in [0.1, 0.15) is 24.0 Å². The third-order valence-electron chi connectivity index (χ3n) is 4.48. The number of pyridine rings is 1. The van der Waals surface area contributed by atoms with Crippen molar-refractivity contribution in [2.24, 2.45) is 0 Å². The number of aromatic nitrogens is 1. The average molecular weight is 488 g/mol. The van der Waals surface area contributed by atoms with E-state index in [2.05, 4.69) is 9.72 Å². The first-order valence-electron chi connectivity index (χ1n) is 10.1. The van der Waals surface area contributed by atoms with E-state index >= 15 is 4.39 Å². The molecular weight excluding hydrogens is 469 g/mol. The van der Waals surface area contributed by atoms with Crippen molar-refractivity contribution in [1.82, 2.24) is 4.98 Å². The largest absolute Gasteiger partial charge is 0.485 e. The maximum atomic E-state index is 15.0. The third-order valence-corrected chi connectivity index (χ3v) is 5.62. The molecule has 0 spiro atoms. The fourth-order valence-corrected chi connectivity index (χ4v) is 3.70. The van der Waals surface area contributed by atoms with Crippen LogP contribution in [0.4, 0.5) is 13.2 Å². The van der Waals surface area contributed by atoms with E-state index in [0.717, 1.165) is 5.56 Å². The number of halogens is 3. The fraction of sp³-hybridized carbons (Fsp3) is 0.208. The van der Waals surface area contributed by atoms with Gasteiger partial charge in [-0.3, -0.25) is 4.79 Å². The Morgan fingerprint density at radius 1 is 1.09 bits per heavy atom. The van der Waals surface area contributed by atoms with E-state index in [1.54, 1.807) is 0 Å². The topological polar surface area (TPSA) is 81.4 Å². The van der Waals surface area contributed by atoms with Crippen molar-refractivity contribution in [3.05, 3.63) is 77.2 Å². The monoisotopic (exact) mass is 488 g/mol. The molecule has 1 heterocycles. The van der Waals surface area contributed by atoms with Crippen LogP contribution < -0.4 is 9.47 Å². The van der Waals surface area contributed by atoms with Crippen LogP contribution in [-0.2, 0) is 16.1 Å². The Balaban J connectivity index is 1.84. The summed E-state index contributed by atoms with van der Waals surface area (Å²) in [5.74, 6) is -5.30. The molecule has 0 aliphatic carbocycles. The minimum absolute atomic E-state index is 0.0483. The van der Waals surface area contributed by atoms with Crippen LogP contribution in [0, 0.1) is 28.9 Å². The molecule has 0 aliphatic rings. The molecule has 0 N–H and O–H groups in total. The highest BCUT2D eigenvalue weighted by atomic mass is 32.2. The lowest BCUT2D eigenvalue weighted by Crippen LogP contribution is -2.04. The molecule has 176 valence electrons. The van der Waals surface area contributed by atoms with Crippen molar-refractivity contribution in [3.63, 3.8) is 0 Å². The van der Waals surface area contributed by atoms with Gasteiger partial charge < -0.3 is 14.2 Å². The normalized spacial score (nSPS) is 10.4. The molecule has 0 unspecified atom stereocenters. The molecule has 2 aromatic carbocycles. The van der Waals surface area contributed by atoms with Crippen molar-refractivity contribution in [1.29, 1.82) is 5.26 Å². The van der Waals surface area contributed by atoms with Gasteiger partial charge in [-0.25, -0.2) is 4.39 Å². The molecule has 34 heavy (non-hydrogen) atoms. The van der Waals surface area contributed by atoms with E-state index < -0.39 is 34.3 Å². The summed E-state index contributed by atoms with van der Waals surface area (Å²) < 4.78 is 59.1. The van der Waals surface area contributed by atoms with Crippen LogP contribution >= 0.6 is 11.8 Å². The Kier molecular flexibility index (Phi) is 8.76. The fourth-order valence-electron chi connectivity index (χ4n) is 2.78. The number of methoxy groups -OCH3 is 1. The van der Waals surface area contributed by atoms with E-state index in [0.29, 0.717) is 11.8 Å². The van der Waals surface area contributed by atoms with Crippen molar-refractivity contribution in [3.8, 4) is 23.4 Å². The average Bonchev–Trinajstić information content (AvgIpc) is 2.86. The van der Waals surface area contributed by atoms with Gasteiger partial charge in [-0.2, -0.15) is 19.0 Å². The zero-order valence-electron chi connectivity index (χ0n) is 18.0. The summed E-state index contributed by atoms with van der Waals surface area (Å²) in [5.41, 5.74) is 1.03. The summed E-state index contributed by atoms with van der Waals surface area (Å²) in [6, 6.07) is 15.3. The van der Waals surface area contributed by atoms with E-state index in [9.17, 15) is 18.8 Å². The highest BCUT2D eigenvalue weighted by molar-refractivity contribution is 7.99. The number of hydrogen-bond acceptors (Lipinski definition) is 7. The van der Waals surface area contributed by atoms with Gasteiger partial charge >= 0.3 is 5.97 Å². The minimum Gasteiger partial charge on any atom is -0.485 e. The summed E-state index contributed by atoms with van der Waals surface area (Å²) in [6.45, 7) is 0.151. The van der Waals surface area contributed by atoms with E-state index in [4.69, 9.17) is 9.47 Å². The number of esters is 1. The summed E-state index contributed by atoms with van der Waals surface area (Å²) in [7, 11) is 1.23. The highest BCUT2D eigenvalue weighted by Crippen LogP contribution is 2.37.